The number of carbonyl (C=O) groups is 2. The molecule has 29 heavy (non-hydrogen) atoms. The number of nitro groups is 1. The van der Waals surface area contributed by atoms with Gasteiger partial charge in [0.15, 0.2) is 5.75 Å². The van der Waals surface area contributed by atoms with Gasteiger partial charge in [-0.3, -0.25) is 19.7 Å². The molecule has 1 fully saturated rings. The van der Waals surface area contributed by atoms with Gasteiger partial charge in [-0.25, -0.2) is 0 Å². The lowest BCUT2D eigenvalue weighted by atomic mass is 9.94. The van der Waals surface area contributed by atoms with E-state index in [2.05, 4.69) is 15.5 Å². The van der Waals surface area contributed by atoms with Gasteiger partial charge in [0.25, 0.3) is 11.7 Å². The summed E-state index contributed by atoms with van der Waals surface area (Å²) in [5, 5.41) is 28.2. The van der Waals surface area contributed by atoms with Gasteiger partial charge in [0.05, 0.1) is 12.0 Å². The fraction of sp³-hybridized carbons (Fsp3) is 0.444. The third kappa shape index (κ3) is 4.03. The number of aryl methyl sites for hydroxylation is 1. The number of rotatable bonds is 6. The van der Waals surface area contributed by atoms with Crippen molar-refractivity contribution in [1.82, 2.24) is 15.5 Å². The number of nitro benzene ring substituents is 1. The van der Waals surface area contributed by atoms with Gasteiger partial charge in [-0.1, -0.05) is 24.4 Å². The Bertz CT molecular complexity index is 963. The summed E-state index contributed by atoms with van der Waals surface area (Å²) < 4.78 is 9.86. The van der Waals surface area contributed by atoms with Crippen LogP contribution in [0.15, 0.2) is 10.6 Å². The molecule has 2 aromatic rings. The largest absolute Gasteiger partial charge is 0.499 e. The SMILES string of the molecule is COc1cc(-c2noc(C)n2)c(C(=O)C(=O)NC2CCCCC2)c([N+](=O)[O-])c1O. The fourth-order valence-corrected chi connectivity index (χ4v) is 3.39. The van der Waals surface area contributed by atoms with Crippen LogP contribution in [-0.2, 0) is 4.79 Å². The van der Waals surface area contributed by atoms with Crippen LogP contribution in [0.3, 0.4) is 0 Å². The second kappa shape index (κ2) is 8.25. The standard InChI is InChI=1S/C18H20N4O7/c1-9-19-17(21-29-9)11-8-12(28-2)15(23)14(22(26)27)13(11)16(24)18(25)20-10-6-4-3-5-7-10/h8,10,23H,3-7H2,1-2H3,(H,20,25). The van der Waals surface area contributed by atoms with Crippen LogP contribution < -0.4 is 10.1 Å². The number of carbonyl (C=O) groups excluding carboxylic acids is 2. The molecule has 0 bridgehead atoms. The number of aromatic hydroxyl groups is 1. The highest BCUT2D eigenvalue weighted by Gasteiger charge is 2.37. The van der Waals surface area contributed by atoms with Gasteiger partial charge in [-0.15, -0.1) is 0 Å². The van der Waals surface area contributed by atoms with Crippen LogP contribution in [0.1, 0.15) is 48.4 Å². The quantitative estimate of drug-likeness (QED) is 0.319. The van der Waals surface area contributed by atoms with Crippen LogP contribution in [0.25, 0.3) is 11.4 Å². The van der Waals surface area contributed by atoms with Crippen LogP contribution in [-0.4, -0.2) is 45.0 Å². The van der Waals surface area contributed by atoms with Crippen molar-refractivity contribution >= 4 is 17.4 Å². The monoisotopic (exact) mass is 404 g/mol. The highest BCUT2D eigenvalue weighted by Crippen LogP contribution is 2.44. The summed E-state index contributed by atoms with van der Waals surface area (Å²) in [7, 11) is 1.20. The Labute approximate surface area is 165 Å². The van der Waals surface area contributed by atoms with Crippen molar-refractivity contribution in [3.8, 4) is 22.9 Å². The van der Waals surface area contributed by atoms with E-state index in [4.69, 9.17) is 9.26 Å². The number of amides is 1. The van der Waals surface area contributed by atoms with E-state index in [1.54, 1.807) is 0 Å². The summed E-state index contributed by atoms with van der Waals surface area (Å²) in [6.45, 7) is 1.50. The lowest BCUT2D eigenvalue weighted by Crippen LogP contribution is -2.40. The lowest BCUT2D eigenvalue weighted by molar-refractivity contribution is -0.386. The predicted molar refractivity (Wildman–Crippen MR) is 98.7 cm³/mol. The molecule has 0 saturated heterocycles. The summed E-state index contributed by atoms with van der Waals surface area (Å²) in [6, 6.07) is 0.982. The number of nitrogens with one attached hydrogen (secondary N) is 1. The van der Waals surface area contributed by atoms with Crippen LogP contribution in [0.4, 0.5) is 5.69 Å². The zero-order valence-electron chi connectivity index (χ0n) is 15.9. The molecule has 3 rings (SSSR count). The topological polar surface area (TPSA) is 158 Å². The number of benzene rings is 1. The minimum absolute atomic E-state index is 0.141. The van der Waals surface area contributed by atoms with E-state index in [0.29, 0.717) is 0 Å². The van der Waals surface area contributed by atoms with Gasteiger partial charge in [-0.05, 0) is 18.9 Å². The number of aromatic nitrogens is 2. The average Bonchev–Trinajstić information content (AvgIpc) is 3.13. The molecule has 154 valence electrons. The smallest absolute Gasteiger partial charge is 0.326 e. The first kappa shape index (κ1) is 20.2. The van der Waals surface area contributed by atoms with Crippen molar-refractivity contribution < 1.29 is 28.9 Å². The number of nitrogens with zero attached hydrogens (tertiary/aromatic N) is 3. The van der Waals surface area contributed by atoms with Crippen molar-refractivity contribution in [1.29, 1.82) is 0 Å². The molecule has 11 nitrogen and oxygen atoms in total. The normalized spacial score (nSPS) is 14.4. The lowest BCUT2D eigenvalue weighted by Gasteiger charge is -2.22. The number of phenols is 1. The third-order valence-corrected chi connectivity index (χ3v) is 4.78. The van der Waals surface area contributed by atoms with Gasteiger partial charge in [0, 0.05) is 18.5 Å². The van der Waals surface area contributed by atoms with Crippen LogP contribution in [0.5, 0.6) is 11.5 Å². The van der Waals surface area contributed by atoms with Crippen molar-refractivity contribution in [2.24, 2.45) is 0 Å². The number of ketones is 1. The number of hydrogen-bond acceptors (Lipinski definition) is 9. The molecule has 0 atom stereocenters. The van der Waals surface area contributed by atoms with E-state index in [1.807, 2.05) is 0 Å². The Balaban J connectivity index is 2.11. The van der Waals surface area contributed by atoms with Crippen molar-refractivity contribution in [3.05, 3.63) is 27.6 Å². The van der Waals surface area contributed by atoms with Gasteiger partial charge in [0.1, 0.15) is 5.56 Å². The zero-order valence-corrected chi connectivity index (χ0v) is 15.9. The second-order valence-corrected chi connectivity index (χ2v) is 6.73. The van der Waals surface area contributed by atoms with Crippen LogP contribution >= 0.6 is 0 Å². The molecule has 1 amide bonds. The molecule has 1 heterocycles. The Morgan fingerprint density at radius 2 is 2.03 bits per heavy atom. The first-order valence-electron chi connectivity index (χ1n) is 9.07. The van der Waals surface area contributed by atoms with Crippen LogP contribution in [0.2, 0.25) is 0 Å². The summed E-state index contributed by atoms with van der Waals surface area (Å²) in [5.74, 6) is -3.28. The minimum atomic E-state index is -1.17. The molecule has 1 aliphatic carbocycles. The van der Waals surface area contributed by atoms with Gasteiger partial charge >= 0.3 is 5.69 Å². The minimum Gasteiger partial charge on any atom is -0.499 e. The van der Waals surface area contributed by atoms with E-state index >= 15 is 0 Å². The van der Waals surface area contributed by atoms with Gasteiger partial charge in [-0.2, -0.15) is 4.98 Å². The van der Waals surface area contributed by atoms with Gasteiger partial charge < -0.3 is 19.7 Å². The van der Waals surface area contributed by atoms with Crippen molar-refractivity contribution in [3.63, 3.8) is 0 Å². The maximum Gasteiger partial charge on any atom is 0.326 e. The Hall–Kier alpha value is -3.50. The maximum absolute atomic E-state index is 12.9. The average molecular weight is 404 g/mol. The number of Topliss-reactive ketones (excluding diaryl/α,β-unsaturated/α-hetero) is 1. The molecule has 2 N–H and O–H groups in total. The molecule has 0 radical (unpaired) electrons. The molecule has 11 heteroatoms. The predicted octanol–water partition coefficient (Wildman–Crippen LogP) is 2.30. The van der Waals surface area contributed by atoms with E-state index in [-0.39, 0.29) is 29.1 Å². The second-order valence-electron chi connectivity index (χ2n) is 6.73. The highest BCUT2D eigenvalue weighted by atomic mass is 16.6. The first-order chi connectivity index (χ1) is 13.8. The molecule has 0 aliphatic heterocycles. The highest BCUT2D eigenvalue weighted by molar-refractivity contribution is 6.45. The molecule has 1 aromatic heterocycles. The summed E-state index contributed by atoms with van der Waals surface area (Å²) in [6.07, 6.45) is 4.36. The molecule has 1 aliphatic rings. The number of methoxy groups -OCH3 is 1. The Morgan fingerprint density at radius 3 is 2.59 bits per heavy atom. The summed E-state index contributed by atoms with van der Waals surface area (Å²) in [4.78, 5) is 40.2. The molecule has 1 saturated carbocycles. The number of hydrogen-bond donors (Lipinski definition) is 2. The third-order valence-electron chi connectivity index (χ3n) is 4.78. The van der Waals surface area contributed by atoms with E-state index in [0.717, 1.165) is 38.2 Å². The van der Waals surface area contributed by atoms with E-state index in [1.165, 1.54) is 14.0 Å². The Kier molecular flexibility index (Phi) is 5.76. The number of ether oxygens (including phenoxy) is 1. The van der Waals surface area contributed by atoms with Crippen LogP contribution in [0, 0.1) is 17.0 Å². The van der Waals surface area contributed by atoms with Crippen molar-refractivity contribution in [2.45, 2.75) is 45.1 Å². The fourth-order valence-electron chi connectivity index (χ4n) is 3.39. The summed E-state index contributed by atoms with van der Waals surface area (Å²) in [5.41, 5.74) is -1.72. The summed E-state index contributed by atoms with van der Waals surface area (Å²) >= 11 is 0. The van der Waals surface area contributed by atoms with Gasteiger partial charge in [0.2, 0.25) is 17.5 Å². The molecular formula is C18H20N4O7. The van der Waals surface area contributed by atoms with E-state index in [9.17, 15) is 24.8 Å². The van der Waals surface area contributed by atoms with Crippen molar-refractivity contribution in [2.75, 3.05) is 7.11 Å². The maximum atomic E-state index is 12.9. The molecule has 0 unspecified atom stereocenters. The number of phenolic OH excluding ortho intramolecular Hbond substituents is 1. The molecule has 1 aromatic carbocycles. The van der Waals surface area contributed by atoms with E-state index < -0.39 is 33.6 Å². The molecule has 0 spiro atoms. The first-order valence-corrected chi connectivity index (χ1v) is 9.07. The zero-order chi connectivity index (χ0) is 21.1. The molecular weight excluding hydrogens is 384 g/mol. The Morgan fingerprint density at radius 1 is 1.34 bits per heavy atom.